The molecule has 0 aliphatic rings. The SMILES string of the molecule is CNC(CSc1cccc(C)c1)c1ccoc1. The minimum Gasteiger partial charge on any atom is -0.472 e. The third-order valence-corrected chi connectivity index (χ3v) is 3.79. The predicted octanol–water partition coefficient (Wildman–Crippen LogP) is 3.64. The van der Waals surface area contributed by atoms with Crippen molar-refractivity contribution in [3.05, 3.63) is 54.0 Å². The maximum absolute atomic E-state index is 5.12. The molecule has 2 nitrogen and oxygen atoms in total. The summed E-state index contributed by atoms with van der Waals surface area (Å²) in [6.07, 6.45) is 3.52. The highest BCUT2D eigenvalue weighted by atomic mass is 32.2. The average Bonchev–Trinajstić information content (AvgIpc) is 2.84. The molecule has 0 saturated carbocycles. The van der Waals surface area contributed by atoms with Gasteiger partial charge in [-0.25, -0.2) is 0 Å². The fraction of sp³-hybridized carbons (Fsp3) is 0.286. The molecule has 1 unspecified atom stereocenters. The quantitative estimate of drug-likeness (QED) is 0.817. The Morgan fingerprint density at radius 3 is 2.88 bits per heavy atom. The van der Waals surface area contributed by atoms with Crippen molar-refractivity contribution in [2.24, 2.45) is 0 Å². The molecule has 0 fully saturated rings. The minimum absolute atomic E-state index is 0.333. The lowest BCUT2D eigenvalue weighted by atomic mass is 10.2. The number of thioether (sulfide) groups is 1. The van der Waals surface area contributed by atoms with E-state index in [1.807, 2.05) is 24.9 Å². The topological polar surface area (TPSA) is 25.2 Å². The van der Waals surface area contributed by atoms with Gasteiger partial charge < -0.3 is 9.73 Å². The molecule has 0 spiro atoms. The molecule has 1 N–H and O–H groups in total. The summed E-state index contributed by atoms with van der Waals surface area (Å²) in [6, 6.07) is 10.9. The summed E-state index contributed by atoms with van der Waals surface area (Å²) in [4.78, 5) is 1.31. The molecule has 0 aliphatic carbocycles. The van der Waals surface area contributed by atoms with Crippen LogP contribution in [0.5, 0.6) is 0 Å². The molecule has 0 saturated heterocycles. The zero-order chi connectivity index (χ0) is 12.1. The third kappa shape index (κ3) is 3.38. The van der Waals surface area contributed by atoms with Crippen LogP contribution in [0.4, 0.5) is 0 Å². The molecule has 0 aliphatic heterocycles. The smallest absolute Gasteiger partial charge is 0.0950 e. The number of aryl methyl sites for hydroxylation is 1. The van der Waals surface area contributed by atoms with E-state index in [1.165, 1.54) is 16.0 Å². The molecule has 3 heteroatoms. The maximum atomic E-state index is 5.12. The summed E-state index contributed by atoms with van der Waals surface area (Å²) >= 11 is 1.86. The maximum Gasteiger partial charge on any atom is 0.0950 e. The van der Waals surface area contributed by atoms with Gasteiger partial charge in [-0.3, -0.25) is 0 Å². The monoisotopic (exact) mass is 247 g/mol. The number of benzene rings is 1. The van der Waals surface area contributed by atoms with Gasteiger partial charge in [0, 0.05) is 22.3 Å². The van der Waals surface area contributed by atoms with Crippen molar-refractivity contribution in [3.63, 3.8) is 0 Å². The van der Waals surface area contributed by atoms with Gasteiger partial charge in [-0.15, -0.1) is 11.8 Å². The summed E-state index contributed by atoms with van der Waals surface area (Å²) in [5, 5.41) is 3.31. The number of rotatable bonds is 5. The third-order valence-electron chi connectivity index (χ3n) is 2.70. The van der Waals surface area contributed by atoms with Crippen LogP contribution in [0.25, 0.3) is 0 Å². The van der Waals surface area contributed by atoms with Crippen LogP contribution in [-0.2, 0) is 0 Å². The van der Waals surface area contributed by atoms with Crippen LogP contribution >= 0.6 is 11.8 Å². The molecule has 2 rings (SSSR count). The molecular formula is C14H17NOS. The Balaban J connectivity index is 1.97. The summed E-state index contributed by atoms with van der Waals surface area (Å²) in [5.41, 5.74) is 2.51. The highest BCUT2D eigenvalue weighted by Gasteiger charge is 2.10. The van der Waals surface area contributed by atoms with Gasteiger partial charge in [0.05, 0.1) is 12.5 Å². The first-order chi connectivity index (χ1) is 8.29. The van der Waals surface area contributed by atoms with E-state index in [2.05, 4.69) is 36.5 Å². The Morgan fingerprint density at radius 1 is 1.35 bits per heavy atom. The van der Waals surface area contributed by atoms with Crippen LogP contribution in [0, 0.1) is 6.92 Å². The minimum atomic E-state index is 0.333. The van der Waals surface area contributed by atoms with Gasteiger partial charge in [0.25, 0.3) is 0 Å². The molecule has 0 bridgehead atoms. The van der Waals surface area contributed by atoms with Gasteiger partial charge in [0.2, 0.25) is 0 Å². The van der Waals surface area contributed by atoms with Crippen LogP contribution in [0.15, 0.2) is 52.2 Å². The zero-order valence-electron chi connectivity index (χ0n) is 10.1. The average molecular weight is 247 g/mol. The number of hydrogen-bond acceptors (Lipinski definition) is 3. The Morgan fingerprint density at radius 2 is 2.24 bits per heavy atom. The molecule has 1 heterocycles. The predicted molar refractivity (Wildman–Crippen MR) is 72.4 cm³/mol. The molecule has 2 aromatic rings. The molecule has 0 radical (unpaired) electrons. The first kappa shape index (κ1) is 12.3. The molecule has 1 atom stereocenters. The van der Waals surface area contributed by atoms with Crippen molar-refractivity contribution in [1.82, 2.24) is 5.32 Å². The van der Waals surface area contributed by atoms with E-state index in [0.29, 0.717) is 6.04 Å². The van der Waals surface area contributed by atoms with Gasteiger partial charge in [0.1, 0.15) is 0 Å². The molecule has 1 aromatic carbocycles. The Hall–Kier alpha value is -1.19. The fourth-order valence-corrected chi connectivity index (χ4v) is 2.87. The van der Waals surface area contributed by atoms with Crippen LogP contribution in [-0.4, -0.2) is 12.8 Å². The van der Waals surface area contributed by atoms with Crippen molar-refractivity contribution in [2.45, 2.75) is 17.9 Å². The second kappa shape index (κ2) is 5.94. The second-order valence-corrected chi connectivity index (χ2v) is 5.12. The Bertz CT molecular complexity index is 453. The van der Waals surface area contributed by atoms with Crippen LogP contribution in [0.1, 0.15) is 17.2 Å². The highest BCUT2D eigenvalue weighted by molar-refractivity contribution is 7.99. The number of nitrogens with one attached hydrogen (secondary N) is 1. The van der Waals surface area contributed by atoms with E-state index in [-0.39, 0.29) is 0 Å². The van der Waals surface area contributed by atoms with E-state index < -0.39 is 0 Å². The van der Waals surface area contributed by atoms with Gasteiger partial charge >= 0.3 is 0 Å². The van der Waals surface area contributed by atoms with Crippen molar-refractivity contribution in [1.29, 1.82) is 0 Å². The second-order valence-electron chi connectivity index (χ2n) is 4.03. The molecule has 90 valence electrons. The summed E-state index contributed by atoms with van der Waals surface area (Å²) in [5.74, 6) is 0.999. The lowest BCUT2D eigenvalue weighted by Crippen LogP contribution is -2.17. The van der Waals surface area contributed by atoms with Crippen molar-refractivity contribution in [3.8, 4) is 0 Å². The van der Waals surface area contributed by atoms with E-state index in [9.17, 15) is 0 Å². The van der Waals surface area contributed by atoms with Gasteiger partial charge in [-0.1, -0.05) is 17.7 Å². The lowest BCUT2D eigenvalue weighted by Gasteiger charge is -2.13. The summed E-state index contributed by atoms with van der Waals surface area (Å²) in [7, 11) is 1.98. The van der Waals surface area contributed by atoms with E-state index in [4.69, 9.17) is 4.42 Å². The first-order valence-electron chi connectivity index (χ1n) is 5.68. The largest absolute Gasteiger partial charge is 0.472 e. The summed E-state index contributed by atoms with van der Waals surface area (Å²) in [6.45, 7) is 2.12. The first-order valence-corrected chi connectivity index (χ1v) is 6.67. The van der Waals surface area contributed by atoms with Crippen LogP contribution in [0.2, 0.25) is 0 Å². The van der Waals surface area contributed by atoms with E-state index >= 15 is 0 Å². The number of furan rings is 1. The molecule has 1 aromatic heterocycles. The normalized spacial score (nSPS) is 12.6. The Kier molecular flexibility index (Phi) is 4.29. The van der Waals surface area contributed by atoms with Crippen molar-refractivity contribution >= 4 is 11.8 Å². The fourth-order valence-electron chi connectivity index (χ4n) is 1.70. The Labute approximate surface area is 106 Å². The zero-order valence-corrected chi connectivity index (χ0v) is 11.0. The van der Waals surface area contributed by atoms with Crippen molar-refractivity contribution < 1.29 is 4.42 Å². The van der Waals surface area contributed by atoms with E-state index in [1.54, 1.807) is 12.5 Å². The molecule has 17 heavy (non-hydrogen) atoms. The standard InChI is InChI=1S/C14H17NOS/c1-11-4-3-5-13(8-11)17-10-14(15-2)12-6-7-16-9-12/h3-9,14-15H,10H2,1-2H3. The number of hydrogen-bond donors (Lipinski definition) is 1. The summed E-state index contributed by atoms with van der Waals surface area (Å²) < 4.78 is 5.12. The lowest BCUT2D eigenvalue weighted by molar-refractivity contribution is 0.555. The van der Waals surface area contributed by atoms with Gasteiger partial charge in [-0.05, 0) is 32.2 Å². The van der Waals surface area contributed by atoms with E-state index in [0.717, 1.165) is 5.75 Å². The highest BCUT2D eigenvalue weighted by Crippen LogP contribution is 2.25. The van der Waals surface area contributed by atoms with Crippen molar-refractivity contribution in [2.75, 3.05) is 12.8 Å². The molecular weight excluding hydrogens is 230 g/mol. The van der Waals surface area contributed by atoms with Crippen LogP contribution < -0.4 is 5.32 Å². The van der Waals surface area contributed by atoms with Crippen LogP contribution in [0.3, 0.4) is 0 Å². The molecule has 0 amide bonds. The van der Waals surface area contributed by atoms with Gasteiger partial charge in [0.15, 0.2) is 0 Å². The van der Waals surface area contributed by atoms with Gasteiger partial charge in [-0.2, -0.15) is 0 Å².